The van der Waals surface area contributed by atoms with Gasteiger partial charge in [0.05, 0.1) is 6.10 Å². The topological polar surface area (TPSA) is 20.2 Å². The molecule has 0 bridgehead atoms. The van der Waals surface area contributed by atoms with Crippen LogP contribution in [0.15, 0.2) is 60.7 Å². The largest absolute Gasteiger partial charge is 0.388 e. The molecule has 0 aliphatic heterocycles. The molecule has 0 amide bonds. The zero-order chi connectivity index (χ0) is 13.1. The monoisotopic (exact) mass is 268 g/mol. The number of hydrogen-bond acceptors (Lipinski definition) is 2. The lowest BCUT2D eigenvalue weighted by Crippen LogP contribution is -1.97. The SMILES string of the molecule is OC(CCc1ccccc1)c1cc2ccccc2s1. The standard InChI is InChI=1S/C17H16OS/c18-15(11-10-13-6-2-1-3-7-13)17-12-14-8-4-5-9-16(14)19-17/h1-9,12,15,18H,10-11H2. The van der Waals surface area contributed by atoms with Crippen molar-refractivity contribution in [1.82, 2.24) is 0 Å². The molecule has 0 aliphatic rings. The molecule has 3 rings (SSSR count). The molecule has 0 saturated heterocycles. The molecular formula is C17H16OS. The Morgan fingerprint density at radius 2 is 1.68 bits per heavy atom. The summed E-state index contributed by atoms with van der Waals surface area (Å²) in [6, 6.07) is 20.7. The van der Waals surface area contributed by atoms with Crippen molar-refractivity contribution in [2.24, 2.45) is 0 Å². The first-order valence-corrected chi connectivity index (χ1v) is 7.35. The maximum absolute atomic E-state index is 10.3. The molecule has 1 nitrogen and oxygen atoms in total. The van der Waals surface area contributed by atoms with E-state index in [1.807, 2.05) is 30.3 Å². The van der Waals surface area contributed by atoms with Crippen LogP contribution in [-0.2, 0) is 6.42 Å². The van der Waals surface area contributed by atoms with E-state index in [9.17, 15) is 5.11 Å². The number of hydrogen-bond donors (Lipinski definition) is 1. The van der Waals surface area contributed by atoms with E-state index >= 15 is 0 Å². The minimum atomic E-state index is -0.363. The van der Waals surface area contributed by atoms with Gasteiger partial charge in [-0.2, -0.15) is 0 Å². The van der Waals surface area contributed by atoms with Crippen LogP contribution >= 0.6 is 11.3 Å². The first-order chi connectivity index (χ1) is 9.33. The van der Waals surface area contributed by atoms with Crippen LogP contribution in [0.1, 0.15) is 23.0 Å². The van der Waals surface area contributed by atoms with Gasteiger partial charge in [-0.25, -0.2) is 0 Å². The minimum Gasteiger partial charge on any atom is -0.388 e. The van der Waals surface area contributed by atoms with Crippen molar-refractivity contribution in [1.29, 1.82) is 0 Å². The Morgan fingerprint density at radius 3 is 2.47 bits per heavy atom. The first kappa shape index (κ1) is 12.4. The summed E-state index contributed by atoms with van der Waals surface area (Å²) in [5.41, 5.74) is 1.28. The molecule has 2 heteroatoms. The lowest BCUT2D eigenvalue weighted by atomic mass is 10.1. The Kier molecular flexibility index (Phi) is 3.62. The second-order valence-corrected chi connectivity index (χ2v) is 5.84. The third-order valence-corrected chi connectivity index (χ3v) is 4.54. The van der Waals surface area contributed by atoms with Crippen LogP contribution in [0.3, 0.4) is 0 Å². The van der Waals surface area contributed by atoms with Crippen LogP contribution in [0, 0.1) is 0 Å². The van der Waals surface area contributed by atoms with Gasteiger partial charge in [-0.15, -0.1) is 11.3 Å². The molecule has 1 atom stereocenters. The Morgan fingerprint density at radius 1 is 0.947 bits per heavy atom. The molecule has 1 aromatic heterocycles. The molecule has 1 unspecified atom stereocenters. The molecule has 19 heavy (non-hydrogen) atoms. The Labute approximate surface area is 117 Å². The van der Waals surface area contributed by atoms with E-state index < -0.39 is 0 Å². The van der Waals surface area contributed by atoms with E-state index in [1.54, 1.807) is 11.3 Å². The van der Waals surface area contributed by atoms with Gasteiger partial charge in [-0.05, 0) is 35.9 Å². The van der Waals surface area contributed by atoms with Crippen molar-refractivity contribution >= 4 is 21.4 Å². The third-order valence-electron chi connectivity index (χ3n) is 3.32. The number of rotatable bonds is 4. The van der Waals surface area contributed by atoms with Gasteiger partial charge in [0.15, 0.2) is 0 Å². The molecule has 0 spiro atoms. The van der Waals surface area contributed by atoms with Gasteiger partial charge < -0.3 is 5.11 Å². The second kappa shape index (κ2) is 5.55. The van der Waals surface area contributed by atoms with Crippen LogP contribution in [0.2, 0.25) is 0 Å². The summed E-state index contributed by atoms with van der Waals surface area (Å²) in [5, 5.41) is 11.5. The van der Waals surface area contributed by atoms with Gasteiger partial charge in [-0.1, -0.05) is 48.5 Å². The highest BCUT2D eigenvalue weighted by Gasteiger charge is 2.11. The number of thiophene rings is 1. The van der Waals surface area contributed by atoms with Crippen molar-refractivity contribution in [2.75, 3.05) is 0 Å². The van der Waals surface area contributed by atoms with E-state index in [-0.39, 0.29) is 6.10 Å². The fourth-order valence-electron chi connectivity index (χ4n) is 2.26. The first-order valence-electron chi connectivity index (χ1n) is 6.53. The predicted molar refractivity (Wildman–Crippen MR) is 81.5 cm³/mol. The zero-order valence-electron chi connectivity index (χ0n) is 10.6. The highest BCUT2D eigenvalue weighted by Crippen LogP contribution is 2.31. The normalized spacial score (nSPS) is 12.7. The highest BCUT2D eigenvalue weighted by molar-refractivity contribution is 7.19. The average molecular weight is 268 g/mol. The minimum absolute atomic E-state index is 0.363. The predicted octanol–water partition coefficient (Wildman–Crippen LogP) is 4.57. The summed E-state index contributed by atoms with van der Waals surface area (Å²) in [6.07, 6.45) is 1.32. The molecule has 0 fully saturated rings. The van der Waals surface area contributed by atoms with E-state index in [4.69, 9.17) is 0 Å². The molecule has 0 aliphatic carbocycles. The molecule has 1 N–H and O–H groups in total. The highest BCUT2D eigenvalue weighted by atomic mass is 32.1. The maximum atomic E-state index is 10.3. The number of aryl methyl sites for hydroxylation is 1. The summed E-state index contributed by atoms with van der Waals surface area (Å²) in [6.45, 7) is 0. The van der Waals surface area contributed by atoms with Crippen molar-refractivity contribution in [3.63, 3.8) is 0 Å². The smallest absolute Gasteiger partial charge is 0.0885 e. The van der Waals surface area contributed by atoms with Crippen LogP contribution < -0.4 is 0 Å². The second-order valence-electron chi connectivity index (χ2n) is 4.73. The van der Waals surface area contributed by atoms with E-state index in [0.29, 0.717) is 0 Å². The van der Waals surface area contributed by atoms with Gasteiger partial charge in [0.25, 0.3) is 0 Å². The van der Waals surface area contributed by atoms with Crippen molar-refractivity contribution in [3.8, 4) is 0 Å². The number of fused-ring (bicyclic) bond motifs is 1. The Hall–Kier alpha value is -1.64. The summed E-state index contributed by atoms with van der Waals surface area (Å²) in [5.74, 6) is 0. The van der Waals surface area contributed by atoms with Gasteiger partial charge in [0, 0.05) is 9.58 Å². The number of aliphatic hydroxyl groups is 1. The van der Waals surface area contributed by atoms with E-state index in [0.717, 1.165) is 17.7 Å². The van der Waals surface area contributed by atoms with Gasteiger partial charge in [0.1, 0.15) is 0 Å². The van der Waals surface area contributed by atoms with Crippen LogP contribution in [0.5, 0.6) is 0 Å². The van der Waals surface area contributed by atoms with Crippen molar-refractivity contribution < 1.29 is 5.11 Å². The molecule has 1 heterocycles. The van der Waals surface area contributed by atoms with E-state index in [1.165, 1.54) is 15.6 Å². The van der Waals surface area contributed by atoms with Gasteiger partial charge >= 0.3 is 0 Å². The zero-order valence-corrected chi connectivity index (χ0v) is 11.4. The van der Waals surface area contributed by atoms with E-state index in [2.05, 4.69) is 30.3 Å². The summed E-state index contributed by atoms with van der Waals surface area (Å²) < 4.78 is 1.25. The van der Waals surface area contributed by atoms with Crippen molar-refractivity contribution in [3.05, 3.63) is 71.1 Å². The Bertz CT molecular complexity index is 624. The fourth-order valence-corrected chi connectivity index (χ4v) is 3.34. The Balaban J connectivity index is 1.71. The van der Waals surface area contributed by atoms with Crippen molar-refractivity contribution in [2.45, 2.75) is 18.9 Å². The van der Waals surface area contributed by atoms with Gasteiger partial charge in [0.2, 0.25) is 0 Å². The molecule has 96 valence electrons. The molecular weight excluding hydrogens is 252 g/mol. The fraction of sp³-hybridized carbons (Fsp3) is 0.176. The summed E-state index contributed by atoms with van der Waals surface area (Å²) >= 11 is 1.69. The maximum Gasteiger partial charge on any atom is 0.0885 e. The van der Waals surface area contributed by atoms with Gasteiger partial charge in [-0.3, -0.25) is 0 Å². The molecule has 2 aromatic carbocycles. The molecule has 3 aromatic rings. The molecule has 0 radical (unpaired) electrons. The average Bonchev–Trinajstić information content (AvgIpc) is 2.90. The third kappa shape index (κ3) is 2.86. The summed E-state index contributed by atoms with van der Waals surface area (Å²) in [7, 11) is 0. The lowest BCUT2D eigenvalue weighted by molar-refractivity contribution is 0.171. The van der Waals surface area contributed by atoms with Crippen LogP contribution in [-0.4, -0.2) is 5.11 Å². The van der Waals surface area contributed by atoms with Crippen LogP contribution in [0.4, 0.5) is 0 Å². The number of benzene rings is 2. The molecule has 0 saturated carbocycles. The van der Waals surface area contributed by atoms with Crippen LogP contribution in [0.25, 0.3) is 10.1 Å². The lowest BCUT2D eigenvalue weighted by Gasteiger charge is -2.07. The summed E-state index contributed by atoms with van der Waals surface area (Å²) in [4.78, 5) is 1.07. The number of aliphatic hydroxyl groups excluding tert-OH is 1. The quantitative estimate of drug-likeness (QED) is 0.735.